The first-order valence-corrected chi connectivity index (χ1v) is 6.07. The summed E-state index contributed by atoms with van der Waals surface area (Å²) in [5.74, 6) is -0.880. The maximum atomic E-state index is 10.8. The molecule has 0 aliphatic heterocycles. The van der Waals surface area contributed by atoms with Crippen molar-refractivity contribution < 1.29 is 9.90 Å². The fourth-order valence-electron chi connectivity index (χ4n) is 2.38. The number of hydrogen-bond donors (Lipinski definition) is 2. The monoisotopic (exact) mass is 242 g/mol. The average molecular weight is 242 g/mol. The van der Waals surface area contributed by atoms with E-state index in [-0.39, 0.29) is 12.0 Å². The first kappa shape index (κ1) is 11.0. The molecule has 0 bridgehead atoms. The van der Waals surface area contributed by atoms with Crippen molar-refractivity contribution >= 4 is 22.6 Å². The van der Waals surface area contributed by atoms with Crippen molar-refractivity contribution in [2.24, 2.45) is 5.92 Å². The molecule has 0 unspecified atom stereocenters. The van der Waals surface area contributed by atoms with Gasteiger partial charge in [-0.15, -0.1) is 0 Å². The molecule has 92 valence electrons. The fourth-order valence-corrected chi connectivity index (χ4v) is 2.38. The van der Waals surface area contributed by atoms with E-state index in [4.69, 9.17) is 5.11 Å². The lowest BCUT2D eigenvalue weighted by atomic mass is 9.80. The van der Waals surface area contributed by atoms with Crippen LogP contribution in [0.15, 0.2) is 36.5 Å². The molecule has 0 spiro atoms. The Labute approximate surface area is 105 Å². The molecule has 18 heavy (non-hydrogen) atoms. The van der Waals surface area contributed by atoms with Crippen LogP contribution in [0.5, 0.6) is 0 Å². The van der Waals surface area contributed by atoms with Gasteiger partial charge in [0.15, 0.2) is 0 Å². The number of nitrogens with zero attached hydrogens (tertiary/aromatic N) is 1. The summed E-state index contributed by atoms with van der Waals surface area (Å²) in [6.07, 6.45) is 3.16. The summed E-state index contributed by atoms with van der Waals surface area (Å²) in [7, 11) is 0. The van der Waals surface area contributed by atoms with Gasteiger partial charge in [-0.1, -0.05) is 18.2 Å². The molecule has 1 heterocycles. The second-order valence-electron chi connectivity index (χ2n) is 4.73. The highest BCUT2D eigenvalue weighted by atomic mass is 16.4. The number of fused-ring (bicyclic) bond motifs is 1. The number of carboxylic acid groups (broad SMARTS) is 1. The minimum atomic E-state index is -0.691. The van der Waals surface area contributed by atoms with Crippen molar-refractivity contribution in [2.75, 3.05) is 5.32 Å². The third-order valence-electron chi connectivity index (χ3n) is 3.48. The van der Waals surface area contributed by atoms with Crippen LogP contribution >= 0.6 is 0 Å². The number of rotatable bonds is 3. The summed E-state index contributed by atoms with van der Waals surface area (Å²) < 4.78 is 0. The van der Waals surface area contributed by atoms with Crippen LogP contribution in [0.25, 0.3) is 10.9 Å². The Kier molecular flexibility index (Phi) is 2.63. The fraction of sp³-hybridized carbons (Fsp3) is 0.286. The van der Waals surface area contributed by atoms with E-state index in [0.717, 1.165) is 16.6 Å². The van der Waals surface area contributed by atoms with Crippen LogP contribution in [-0.2, 0) is 4.79 Å². The number of hydrogen-bond acceptors (Lipinski definition) is 3. The highest BCUT2D eigenvalue weighted by Crippen LogP contribution is 2.32. The summed E-state index contributed by atoms with van der Waals surface area (Å²) >= 11 is 0. The van der Waals surface area contributed by atoms with Crippen LogP contribution in [-0.4, -0.2) is 22.1 Å². The normalized spacial score (nSPS) is 22.4. The highest BCUT2D eigenvalue weighted by molar-refractivity contribution is 5.90. The van der Waals surface area contributed by atoms with Gasteiger partial charge in [-0.25, -0.2) is 0 Å². The predicted molar refractivity (Wildman–Crippen MR) is 69.5 cm³/mol. The lowest BCUT2D eigenvalue weighted by molar-refractivity contribution is -0.144. The average Bonchev–Trinajstić information content (AvgIpc) is 2.33. The lowest BCUT2D eigenvalue weighted by Crippen LogP contribution is -2.39. The van der Waals surface area contributed by atoms with E-state index in [1.807, 2.05) is 30.3 Å². The van der Waals surface area contributed by atoms with E-state index in [1.54, 1.807) is 6.20 Å². The van der Waals surface area contributed by atoms with Gasteiger partial charge in [-0.2, -0.15) is 0 Å². The van der Waals surface area contributed by atoms with Crippen LogP contribution < -0.4 is 5.32 Å². The topological polar surface area (TPSA) is 62.2 Å². The van der Waals surface area contributed by atoms with Crippen LogP contribution in [0, 0.1) is 5.92 Å². The summed E-state index contributed by atoms with van der Waals surface area (Å²) in [5, 5.41) is 13.3. The van der Waals surface area contributed by atoms with Crippen molar-refractivity contribution in [3.8, 4) is 0 Å². The van der Waals surface area contributed by atoms with Crippen LogP contribution in [0.1, 0.15) is 12.8 Å². The van der Waals surface area contributed by atoms with E-state index in [9.17, 15) is 4.79 Å². The van der Waals surface area contributed by atoms with E-state index in [0.29, 0.717) is 12.8 Å². The molecular formula is C14H14N2O2. The van der Waals surface area contributed by atoms with E-state index >= 15 is 0 Å². The van der Waals surface area contributed by atoms with Gasteiger partial charge in [0.2, 0.25) is 0 Å². The number of aromatic nitrogens is 1. The summed E-state index contributed by atoms with van der Waals surface area (Å²) in [6.45, 7) is 0. The molecule has 1 fully saturated rings. The van der Waals surface area contributed by atoms with Crippen molar-refractivity contribution in [1.82, 2.24) is 4.98 Å². The number of carbonyl (C=O) groups is 1. The quantitative estimate of drug-likeness (QED) is 0.868. The molecule has 1 aromatic heterocycles. The standard InChI is InChI=1S/C14H14N2O2/c17-14(18)10-7-11(8-10)16-12-5-1-3-9-4-2-6-15-13(9)12/h1-6,10-11,16H,7-8H2,(H,17,18)/t10-,11-. The number of aliphatic carboxylic acids is 1. The second kappa shape index (κ2) is 4.29. The van der Waals surface area contributed by atoms with Crippen molar-refractivity contribution in [3.05, 3.63) is 36.5 Å². The Morgan fingerprint density at radius 3 is 2.83 bits per heavy atom. The maximum Gasteiger partial charge on any atom is 0.306 e. The third-order valence-corrected chi connectivity index (χ3v) is 3.48. The van der Waals surface area contributed by atoms with Crippen molar-refractivity contribution in [2.45, 2.75) is 18.9 Å². The molecule has 0 atom stereocenters. The zero-order valence-electron chi connectivity index (χ0n) is 9.84. The summed E-state index contributed by atoms with van der Waals surface area (Å²) in [5.41, 5.74) is 1.93. The molecule has 1 aliphatic carbocycles. The Bertz CT molecular complexity index is 586. The molecule has 4 heteroatoms. The number of para-hydroxylation sites is 1. The molecule has 3 rings (SSSR count). The molecule has 1 saturated carbocycles. The molecular weight excluding hydrogens is 228 g/mol. The van der Waals surface area contributed by atoms with E-state index in [2.05, 4.69) is 10.3 Å². The minimum Gasteiger partial charge on any atom is -0.481 e. The van der Waals surface area contributed by atoms with Gasteiger partial charge in [-0.05, 0) is 25.0 Å². The molecule has 0 saturated heterocycles. The Morgan fingerprint density at radius 2 is 2.06 bits per heavy atom. The number of benzene rings is 1. The molecule has 1 aromatic carbocycles. The number of pyridine rings is 1. The first-order valence-electron chi connectivity index (χ1n) is 6.07. The number of nitrogens with one attached hydrogen (secondary N) is 1. The zero-order valence-corrected chi connectivity index (χ0v) is 9.84. The zero-order chi connectivity index (χ0) is 12.5. The second-order valence-corrected chi connectivity index (χ2v) is 4.73. The molecule has 2 aromatic rings. The molecule has 1 aliphatic rings. The van der Waals surface area contributed by atoms with Crippen LogP contribution in [0.2, 0.25) is 0 Å². The third kappa shape index (κ3) is 1.90. The minimum absolute atomic E-state index is 0.189. The Hall–Kier alpha value is -2.10. The van der Waals surface area contributed by atoms with Crippen molar-refractivity contribution in [1.29, 1.82) is 0 Å². The van der Waals surface area contributed by atoms with Crippen LogP contribution in [0.4, 0.5) is 5.69 Å². The van der Waals surface area contributed by atoms with Gasteiger partial charge >= 0.3 is 5.97 Å². The van der Waals surface area contributed by atoms with Gasteiger partial charge in [0.25, 0.3) is 0 Å². The number of anilines is 1. The van der Waals surface area contributed by atoms with E-state index < -0.39 is 5.97 Å². The first-order chi connectivity index (χ1) is 8.74. The molecule has 4 nitrogen and oxygen atoms in total. The summed E-state index contributed by atoms with van der Waals surface area (Å²) in [6, 6.07) is 10.2. The van der Waals surface area contributed by atoms with Gasteiger partial charge in [0, 0.05) is 17.6 Å². The summed E-state index contributed by atoms with van der Waals surface area (Å²) in [4.78, 5) is 15.1. The Balaban J connectivity index is 1.78. The van der Waals surface area contributed by atoms with Gasteiger partial charge in [-0.3, -0.25) is 9.78 Å². The van der Waals surface area contributed by atoms with Gasteiger partial charge in [0.05, 0.1) is 17.1 Å². The maximum absolute atomic E-state index is 10.8. The largest absolute Gasteiger partial charge is 0.481 e. The molecule has 0 radical (unpaired) electrons. The molecule has 0 amide bonds. The highest BCUT2D eigenvalue weighted by Gasteiger charge is 2.34. The predicted octanol–water partition coefficient (Wildman–Crippen LogP) is 2.51. The SMILES string of the molecule is O=C(O)[C@H]1C[C@H](Nc2cccc3cccnc23)C1. The van der Waals surface area contributed by atoms with Crippen molar-refractivity contribution in [3.63, 3.8) is 0 Å². The van der Waals surface area contributed by atoms with Gasteiger partial charge < -0.3 is 10.4 Å². The molecule has 2 N–H and O–H groups in total. The smallest absolute Gasteiger partial charge is 0.306 e. The van der Waals surface area contributed by atoms with Gasteiger partial charge in [0.1, 0.15) is 0 Å². The van der Waals surface area contributed by atoms with E-state index in [1.165, 1.54) is 0 Å². The number of carboxylic acids is 1. The lowest BCUT2D eigenvalue weighted by Gasteiger charge is -2.33. The Morgan fingerprint density at radius 1 is 1.28 bits per heavy atom. The van der Waals surface area contributed by atoms with Crippen LogP contribution in [0.3, 0.4) is 0 Å².